The number of esters is 8. The third kappa shape index (κ3) is 41.4. The van der Waals surface area contributed by atoms with Crippen LogP contribution in [0.5, 0.6) is 0 Å². The number of rotatable bonds is 23. The van der Waals surface area contributed by atoms with Gasteiger partial charge in [-0.3, -0.25) is 9.59 Å². The van der Waals surface area contributed by atoms with Crippen molar-refractivity contribution in [3.05, 3.63) is 25.3 Å². The Bertz CT molecular complexity index is 1560. The highest BCUT2D eigenvalue weighted by Crippen LogP contribution is 2.05. The van der Waals surface area contributed by atoms with Crippen molar-refractivity contribution in [1.29, 1.82) is 0 Å². The molecule has 0 fully saturated rings. The summed E-state index contributed by atoms with van der Waals surface area (Å²) in [6.07, 6.45) is -9.48. The lowest BCUT2D eigenvalue weighted by Crippen LogP contribution is -2.40. The van der Waals surface area contributed by atoms with Crippen LogP contribution in [0.25, 0.3) is 0 Å². The van der Waals surface area contributed by atoms with E-state index in [0.717, 1.165) is 12.2 Å². The van der Waals surface area contributed by atoms with Crippen LogP contribution in [0.2, 0.25) is 0 Å². The van der Waals surface area contributed by atoms with Crippen molar-refractivity contribution in [2.75, 3.05) is 26.3 Å². The maximum absolute atomic E-state index is 11.9. The van der Waals surface area contributed by atoms with Crippen LogP contribution in [0, 0.1) is 0 Å². The molecular weight excluding hydrogens is 924 g/mol. The Morgan fingerprint density at radius 2 is 0.710 bits per heavy atom. The van der Waals surface area contributed by atoms with Gasteiger partial charge in [0.05, 0.1) is 13.2 Å². The Morgan fingerprint density at radius 3 is 1.00 bits per heavy atom. The summed E-state index contributed by atoms with van der Waals surface area (Å²) in [5.41, 5.74) is 0. The number of carboxylic acids is 1. The predicted molar refractivity (Wildman–Crippen MR) is 251 cm³/mol. The van der Waals surface area contributed by atoms with Crippen LogP contribution in [0.15, 0.2) is 25.3 Å². The van der Waals surface area contributed by atoms with E-state index < -0.39 is 120 Å². The van der Waals surface area contributed by atoms with E-state index in [-0.39, 0.29) is 78.3 Å². The Kier molecular flexibility index (Phi) is 58.0. The zero-order valence-corrected chi connectivity index (χ0v) is 35.6. The largest absolute Gasteiger partial charge is 0.479 e. The molecule has 0 aromatic carbocycles. The molecule has 2 amide bonds. The van der Waals surface area contributed by atoms with Crippen LogP contribution >= 0.6 is 0 Å². The first-order valence-electron chi connectivity index (χ1n) is 18.3. The molecule has 0 aromatic heterocycles. The quantitative estimate of drug-likeness (QED) is 0.0368. The second-order valence-corrected chi connectivity index (χ2v) is 12.1. The monoisotopic (exact) mass is 1010 g/mol. The number of aliphatic hydroxyl groups is 3. The molecule has 408 valence electrons. The highest BCUT2D eigenvalue weighted by atomic mass is 16.6. The number of carbonyl (C=O) groups is 11. The van der Waals surface area contributed by atoms with Gasteiger partial charge in [0.25, 0.3) is 11.8 Å². The number of amides is 2. The van der Waals surface area contributed by atoms with E-state index in [1.54, 1.807) is 0 Å². The lowest BCUT2D eigenvalue weighted by molar-refractivity contribution is -0.178. The molecule has 69 heavy (non-hydrogen) atoms. The smallest absolute Gasteiger partial charge is 0.348 e. The van der Waals surface area contributed by atoms with Gasteiger partial charge in [-0.05, 0) is 62.3 Å². The summed E-state index contributed by atoms with van der Waals surface area (Å²) in [7, 11) is 0. The van der Waals surface area contributed by atoms with Crippen LogP contribution in [0.1, 0.15) is 114 Å². The molecule has 0 saturated heterocycles. The Balaban J connectivity index is -0.0000000931. The summed E-state index contributed by atoms with van der Waals surface area (Å²) < 4.78 is 37.3. The normalized spacial score (nSPS) is 12.9. The highest BCUT2D eigenvalue weighted by Gasteiger charge is 2.29. The molecule has 25 heteroatoms. The van der Waals surface area contributed by atoms with E-state index >= 15 is 0 Å². The molecule has 9 unspecified atom stereocenters. The third-order valence-electron chi connectivity index (χ3n) is 6.54. The summed E-state index contributed by atoms with van der Waals surface area (Å²) in [4.78, 5) is 123. The number of carbonyl (C=O) groups excluding carboxylic acids is 10. The zero-order valence-electron chi connectivity index (χ0n) is 35.6. The van der Waals surface area contributed by atoms with Crippen molar-refractivity contribution in [3.8, 4) is 0 Å². The van der Waals surface area contributed by atoms with Gasteiger partial charge in [-0.15, -0.1) is 0 Å². The Morgan fingerprint density at radius 1 is 0.435 bits per heavy atom. The summed E-state index contributed by atoms with van der Waals surface area (Å²) in [5, 5.41) is 39.4. The van der Waals surface area contributed by atoms with Gasteiger partial charge in [0.15, 0.2) is 42.7 Å². The molecule has 0 bridgehead atoms. The van der Waals surface area contributed by atoms with Gasteiger partial charge in [-0.25, -0.2) is 43.2 Å². The summed E-state index contributed by atoms with van der Waals surface area (Å²) in [5.74, 6) is -9.71. The Labute approximate surface area is 407 Å². The van der Waals surface area contributed by atoms with Crippen LogP contribution < -0.4 is 10.6 Å². The molecule has 6 N–H and O–H groups in total. The second kappa shape index (κ2) is 46.6. The SMILES string of the molecule is C.C.C.C.C.C.C.C=CC(=O)OCCNC(=O)C(C)OC(=O)C(C)OC(=O)C(C)OC(=O)C=C.CC(O)C(=O)OC(C)C(=O)OC(C)C(=O)NCCO.CC(O)C(=O)OC(C)C(=O)OC(C)C(=O)O. The van der Waals surface area contributed by atoms with E-state index in [1.165, 1.54) is 62.3 Å². The van der Waals surface area contributed by atoms with Crippen LogP contribution in [-0.4, -0.2) is 167 Å². The van der Waals surface area contributed by atoms with Crippen molar-refractivity contribution in [2.24, 2.45) is 0 Å². The van der Waals surface area contributed by atoms with Gasteiger partial charge in [-0.1, -0.05) is 65.1 Å². The fraction of sp³-hybridized carbons (Fsp3) is 0.659. The van der Waals surface area contributed by atoms with E-state index in [4.69, 9.17) is 34.6 Å². The van der Waals surface area contributed by atoms with Gasteiger partial charge in [-0.2, -0.15) is 0 Å². The van der Waals surface area contributed by atoms with Gasteiger partial charge in [0.1, 0.15) is 18.8 Å². The molecule has 0 radical (unpaired) electrons. The number of hydrogen-bond acceptors (Lipinski definition) is 22. The topological polar surface area (TPSA) is 367 Å². The number of carboxylic acid groups (broad SMARTS) is 1. The van der Waals surface area contributed by atoms with Crippen molar-refractivity contribution >= 4 is 65.5 Å². The minimum Gasteiger partial charge on any atom is -0.479 e. The third-order valence-corrected chi connectivity index (χ3v) is 6.54. The molecule has 0 aliphatic rings. The molecule has 25 nitrogen and oxygen atoms in total. The molecular formula is C44H84N2O23. The second-order valence-electron chi connectivity index (χ2n) is 12.1. The lowest BCUT2D eigenvalue weighted by Gasteiger charge is -2.18. The van der Waals surface area contributed by atoms with Gasteiger partial charge in [0, 0.05) is 18.7 Å². The number of nitrogens with one attached hydrogen (secondary N) is 2. The summed E-state index contributed by atoms with van der Waals surface area (Å²) in [6.45, 7) is 17.3. The van der Waals surface area contributed by atoms with Crippen LogP contribution in [0.4, 0.5) is 0 Å². The molecule has 0 saturated carbocycles. The maximum Gasteiger partial charge on any atom is 0.348 e. The van der Waals surface area contributed by atoms with Crippen molar-refractivity contribution in [1.82, 2.24) is 10.6 Å². The number of aliphatic hydroxyl groups excluding tert-OH is 3. The number of aliphatic carboxylic acids is 1. The minimum atomic E-state index is -1.35. The molecule has 0 aliphatic carbocycles. The highest BCUT2D eigenvalue weighted by molar-refractivity contribution is 5.88. The molecule has 9 atom stereocenters. The standard InChI is InChI=1S/C17H23NO9.C11H19NO7.C9H14O7.7CH4/c1-6-13(19)24-9-8-18-15(21)10(3)26-17(23)12(5)27-16(22)11(4)25-14(20)7-2;1-6(14)10(16)19-8(3)11(17)18-7(2)9(15)12-4-5-13;1-4(10)8(13)16-6(3)9(14)15-5(2)7(11)12;;;;;;;/h6-7,10-12H,1-2,8-9H2,3-5H3,(H,18,21);6-8,13-14H,4-5H2,1-3H3,(H,12,15);4-6,10H,1-3H3,(H,11,12);7*1H4. The maximum atomic E-state index is 11.9. The minimum absolute atomic E-state index is 0. The summed E-state index contributed by atoms with van der Waals surface area (Å²) >= 11 is 0. The number of ether oxygens (including phenoxy) is 8. The first-order chi connectivity index (χ1) is 28.7. The fourth-order valence-corrected chi connectivity index (χ4v) is 3.05. The zero-order chi connectivity index (χ0) is 48.9. The first-order valence-corrected chi connectivity index (χ1v) is 18.3. The summed E-state index contributed by atoms with van der Waals surface area (Å²) in [6, 6.07) is 0. The van der Waals surface area contributed by atoms with E-state index in [2.05, 4.69) is 47.5 Å². The molecule has 0 spiro atoms. The van der Waals surface area contributed by atoms with Gasteiger partial charge < -0.3 is 69.0 Å². The van der Waals surface area contributed by atoms with Crippen molar-refractivity contribution < 1.29 is 111 Å². The van der Waals surface area contributed by atoms with Gasteiger partial charge in [0.2, 0.25) is 0 Å². The molecule has 0 aliphatic heterocycles. The Hall–Kier alpha value is -6.47. The lowest BCUT2D eigenvalue weighted by atomic mass is 10.3. The van der Waals surface area contributed by atoms with E-state index in [0.29, 0.717) is 0 Å². The number of hydrogen-bond donors (Lipinski definition) is 6. The fourth-order valence-electron chi connectivity index (χ4n) is 3.05. The van der Waals surface area contributed by atoms with Crippen molar-refractivity contribution in [3.63, 3.8) is 0 Å². The van der Waals surface area contributed by atoms with E-state index in [1.807, 2.05) is 0 Å². The predicted octanol–water partition coefficient (Wildman–Crippen LogP) is 1.92. The average molecular weight is 1010 g/mol. The molecule has 0 rings (SSSR count). The average Bonchev–Trinajstić information content (AvgIpc) is 3.20. The van der Waals surface area contributed by atoms with Crippen molar-refractivity contribution in [2.45, 2.75) is 169 Å². The van der Waals surface area contributed by atoms with E-state index in [9.17, 15) is 52.7 Å². The van der Waals surface area contributed by atoms with Crippen LogP contribution in [0.3, 0.4) is 0 Å². The molecule has 0 heterocycles. The molecule has 0 aromatic rings. The first kappa shape index (κ1) is 85.8. The van der Waals surface area contributed by atoms with Crippen LogP contribution in [-0.2, 0) is 90.6 Å². The van der Waals surface area contributed by atoms with Gasteiger partial charge >= 0.3 is 53.7 Å².